The zero-order valence-electron chi connectivity index (χ0n) is 36.1. The van der Waals surface area contributed by atoms with Crippen LogP contribution in [0.5, 0.6) is 0 Å². The van der Waals surface area contributed by atoms with Crippen LogP contribution in [0.3, 0.4) is 0 Å². The number of carbonyl (C=O) groups is 5. The molecule has 0 radical (unpaired) electrons. The summed E-state index contributed by atoms with van der Waals surface area (Å²) in [6.07, 6.45) is 9.57. The van der Waals surface area contributed by atoms with Gasteiger partial charge < -0.3 is 25.0 Å². The standard InChI is InChI=1S/C49H52FN9O5S/c50-39-25-35(24-37-38(39)27-59(48(37)64)46(42(60)26-52-49-51-17-23-65-49)45-41-2-1-18-58(41)29-53-45)32-5-3-30(4-6-32)34-15-21-57(22-16-34)44(62)28-56-19-13-33(14-20-56)31-7-9-36(10-8-31)54-40-11-12-43(61)55-47(40)63/h3-10,17,23-25,29,33-34,40,46,54H,1-2,11-16,18-22,26-28H2,(H,51,52)(H,55,61,63). The van der Waals surface area contributed by atoms with Crippen LogP contribution in [0.2, 0.25) is 0 Å². The van der Waals surface area contributed by atoms with Gasteiger partial charge in [0.25, 0.3) is 5.91 Å². The lowest BCUT2D eigenvalue weighted by molar-refractivity contribution is -0.134. The van der Waals surface area contributed by atoms with Crippen molar-refractivity contribution in [2.75, 3.05) is 49.9 Å². The summed E-state index contributed by atoms with van der Waals surface area (Å²) >= 11 is 1.38. The number of ketones is 1. The number of nitrogens with one attached hydrogen (secondary N) is 3. The van der Waals surface area contributed by atoms with Gasteiger partial charge in [0.15, 0.2) is 10.9 Å². The number of aryl methyl sites for hydroxylation is 1. The minimum absolute atomic E-state index is 0.0236. The highest BCUT2D eigenvalue weighted by molar-refractivity contribution is 7.13. The maximum atomic E-state index is 16.0. The molecular weight excluding hydrogens is 846 g/mol. The van der Waals surface area contributed by atoms with Crippen LogP contribution in [0, 0.1) is 5.82 Å². The number of aromatic nitrogens is 3. The van der Waals surface area contributed by atoms with E-state index < -0.39 is 17.9 Å². The number of hydrogen-bond donors (Lipinski definition) is 3. The average Bonchev–Trinajstić information content (AvgIpc) is 4.15. The molecule has 16 heteroatoms. The molecular formula is C49H52FN9O5S. The number of hydrogen-bond acceptors (Lipinski definition) is 11. The summed E-state index contributed by atoms with van der Waals surface area (Å²) in [4.78, 5) is 79.8. The van der Waals surface area contributed by atoms with E-state index in [2.05, 4.69) is 55.1 Å². The van der Waals surface area contributed by atoms with E-state index in [1.165, 1.54) is 33.4 Å². The summed E-state index contributed by atoms with van der Waals surface area (Å²) in [5, 5.41) is 11.1. The number of carbonyl (C=O) groups excluding carboxylic acids is 5. The Morgan fingerprint density at radius 1 is 0.846 bits per heavy atom. The number of anilines is 2. The van der Waals surface area contributed by atoms with E-state index in [9.17, 15) is 24.0 Å². The monoisotopic (exact) mass is 897 g/mol. The molecule has 2 aromatic heterocycles. The summed E-state index contributed by atoms with van der Waals surface area (Å²) in [6, 6.07) is 18.2. The van der Waals surface area contributed by atoms with E-state index in [1.807, 2.05) is 39.1 Å². The summed E-state index contributed by atoms with van der Waals surface area (Å²) in [5.74, 6) is -0.728. The molecule has 3 aromatic carbocycles. The molecule has 4 amide bonds. The highest BCUT2D eigenvalue weighted by atomic mass is 32.1. The number of halogens is 1. The molecule has 2 atom stereocenters. The van der Waals surface area contributed by atoms with Crippen LogP contribution in [-0.4, -0.2) is 104 Å². The SMILES string of the molecule is O=C1CCC(Nc2ccc(C3CCN(CC(=O)N4CCC(c5ccc(-c6cc(F)c7c(c6)C(=O)N(C(C(=O)CNc6nccs6)c6ncn8c6CCC8)C7)cc5)CC4)CC3)cc2)C(=O)N1. The number of amides is 4. The first-order valence-corrected chi connectivity index (χ1v) is 23.7. The van der Waals surface area contributed by atoms with Crippen LogP contribution < -0.4 is 16.0 Å². The Bertz CT molecular complexity index is 2600. The molecule has 7 heterocycles. The summed E-state index contributed by atoms with van der Waals surface area (Å²) in [7, 11) is 0. The van der Waals surface area contributed by atoms with Gasteiger partial charge >= 0.3 is 0 Å². The van der Waals surface area contributed by atoms with E-state index in [4.69, 9.17) is 0 Å². The van der Waals surface area contributed by atoms with Gasteiger partial charge in [-0.25, -0.2) is 14.4 Å². The first-order chi connectivity index (χ1) is 31.6. The number of benzene rings is 3. The van der Waals surface area contributed by atoms with Gasteiger partial charge in [0, 0.05) is 60.1 Å². The van der Waals surface area contributed by atoms with Crippen LogP contribution in [0.15, 0.2) is 78.6 Å². The van der Waals surface area contributed by atoms with Crippen LogP contribution >= 0.6 is 11.3 Å². The number of fused-ring (bicyclic) bond motifs is 2. The highest BCUT2D eigenvalue weighted by Crippen LogP contribution is 2.39. The largest absolute Gasteiger partial charge is 0.374 e. The van der Waals surface area contributed by atoms with Crippen molar-refractivity contribution in [3.05, 3.63) is 118 Å². The van der Waals surface area contributed by atoms with Crippen LogP contribution in [0.1, 0.15) is 101 Å². The van der Waals surface area contributed by atoms with Crippen LogP contribution in [-0.2, 0) is 38.7 Å². The van der Waals surface area contributed by atoms with Gasteiger partial charge in [0.05, 0.1) is 31.7 Å². The second-order valence-electron chi connectivity index (χ2n) is 17.9. The van der Waals surface area contributed by atoms with Gasteiger partial charge in [0.1, 0.15) is 17.9 Å². The topological polar surface area (TPSA) is 162 Å². The Morgan fingerprint density at radius 2 is 1.57 bits per heavy atom. The minimum Gasteiger partial charge on any atom is -0.374 e. The third-order valence-corrected chi connectivity index (χ3v) is 14.7. The number of piperidine rings is 3. The lowest BCUT2D eigenvalue weighted by Crippen LogP contribution is -2.47. The second-order valence-corrected chi connectivity index (χ2v) is 18.8. The molecule has 0 aliphatic carbocycles. The number of Topliss-reactive ketones (excluding diaryl/α,β-unsaturated/α-hetero) is 1. The Balaban J connectivity index is 0.720. The van der Waals surface area contributed by atoms with Crippen LogP contribution in [0.4, 0.5) is 15.2 Å². The smallest absolute Gasteiger partial charge is 0.255 e. The van der Waals surface area contributed by atoms with Gasteiger partial charge in [0.2, 0.25) is 17.7 Å². The van der Waals surface area contributed by atoms with Gasteiger partial charge in [-0.3, -0.25) is 34.2 Å². The summed E-state index contributed by atoms with van der Waals surface area (Å²) in [6.45, 7) is 4.26. The number of rotatable bonds is 13. The molecule has 10 rings (SSSR count). The van der Waals surface area contributed by atoms with Gasteiger partial charge in [-0.15, -0.1) is 11.3 Å². The predicted molar refractivity (Wildman–Crippen MR) is 244 cm³/mol. The number of likely N-dealkylation sites (tertiary alicyclic amines) is 2. The lowest BCUT2D eigenvalue weighted by Gasteiger charge is -2.36. The maximum Gasteiger partial charge on any atom is 0.255 e. The number of thiazole rings is 1. The fourth-order valence-electron chi connectivity index (χ4n) is 10.3. The molecule has 0 saturated carbocycles. The minimum atomic E-state index is -0.964. The van der Waals surface area contributed by atoms with Crippen molar-refractivity contribution in [2.24, 2.45) is 0 Å². The van der Waals surface area contributed by atoms with Gasteiger partial charge in [-0.05, 0) is 116 Å². The predicted octanol–water partition coefficient (Wildman–Crippen LogP) is 6.27. The molecule has 5 aliphatic rings. The Morgan fingerprint density at radius 3 is 2.28 bits per heavy atom. The molecule has 14 nitrogen and oxygen atoms in total. The van der Waals surface area contributed by atoms with Crippen molar-refractivity contribution in [3.63, 3.8) is 0 Å². The fraction of sp³-hybridized carbons (Fsp3) is 0.408. The zero-order chi connectivity index (χ0) is 44.6. The molecule has 336 valence electrons. The highest BCUT2D eigenvalue weighted by Gasteiger charge is 2.42. The Labute approximate surface area is 380 Å². The lowest BCUT2D eigenvalue weighted by atomic mass is 9.88. The summed E-state index contributed by atoms with van der Waals surface area (Å²) < 4.78 is 18.0. The van der Waals surface area contributed by atoms with Crippen LogP contribution in [0.25, 0.3) is 11.1 Å². The third-order valence-electron chi connectivity index (χ3n) is 14.0. The molecule has 0 spiro atoms. The normalized spacial score (nSPS) is 19.8. The molecule has 3 N–H and O–H groups in total. The van der Waals surface area contributed by atoms with Crippen molar-refractivity contribution >= 4 is 51.6 Å². The van der Waals surface area contributed by atoms with Crippen molar-refractivity contribution in [1.82, 2.24) is 34.6 Å². The molecule has 0 bridgehead atoms. The summed E-state index contributed by atoms with van der Waals surface area (Å²) in [5.41, 5.74) is 6.73. The van der Waals surface area contributed by atoms with E-state index in [1.54, 1.807) is 18.6 Å². The molecule has 65 heavy (non-hydrogen) atoms. The van der Waals surface area contributed by atoms with Crippen molar-refractivity contribution < 1.29 is 28.4 Å². The Hall–Kier alpha value is -6.26. The fourth-order valence-corrected chi connectivity index (χ4v) is 10.9. The van der Waals surface area contributed by atoms with E-state index in [0.29, 0.717) is 60.7 Å². The molecule has 3 saturated heterocycles. The van der Waals surface area contributed by atoms with E-state index in [0.717, 1.165) is 75.1 Å². The maximum absolute atomic E-state index is 16.0. The first kappa shape index (κ1) is 42.7. The zero-order valence-corrected chi connectivity index (χ0v) is 37.0. The van der Waals surface area contributed by atoms with Gasteiger partial charge in [-0.1, -0.05) is 36.4 Å². The molecule has 3 fully saturated rings. The number of imide groups is 1. The quantitative estimate of drug-likeness (QED) is 0.115. The average molecular weight is 898 g/mol. The third kappa shape index (κ3) is 8.93. The second kappa shape index (κ2) is 18.3. The Kier molecular flexibility index (Phi) is 12.0. The number of imidazole rings is 1. The van der Waals surface area contributed by atoms with E-state index >= 15 is 4.39 Å². The molecule has 2 unspecified atom stereocenters. The van der Waals surface area contributed by atoms with Crippen molar-refractivity contribution in [3.8, 4) is 11.1 Å². The first-order valence-electron chi connectivity index (χ1n) is 22.8. The van der Waals surface area contributed by atoms with Gasteiger partial charge in [-0.2, -0.15) is 0 Å². The van der Waals surface area contributed by atoms with Crippen molar-refractivity contribution in [2.45, 2.75) is 88.4 Å². The molecule has 5 aliphatic heterocycles. The molecule has 5 aromatic rings. The van der Waals surface area contributed by atoms with E-state index in [-0.39, 0.29) is 53.6 Å². The number of nitrogens with zero attached hydrogens (tertiary/aromatic N) is 6. The van der Waals surface area contributed by atoms with Crippen molar-refractivity contribution in [1.29, 1.82) is 0 Å².